The first-order valence-corrected chi connectivity index (χ1v) is 10.9. The fourth-order valence-electron chi connectivity index (χ4n) is 3.61. The number of allylic oxidation sites excluding steroid dienone is 2. The van der Waals surface area contributed by atoms with Gasteiger partial charge in [-0.2, -0.15) is 0 Å². The average Bonchev–Trinajstić information content (AvgIpc) is 3.27. The Morgan fingerprint density at radius 2 is 1.73 bits per heavy atom. The molecule has 0 spiro atoms. The van der Waals surface area contributed by atoms with Gasteiger partial charge in [-0.1, -0.05) is 26.0 Å². The number of carbonyl (C=O) groups excluding carboxylic acids is 1. The second-order valence-corrected chi connectivity index (χ2v) is 7.25. The largest absolute Gasteiger partial charge is 0.493 e. The summed E-state index contributed by atoms with van der Waals surface area (Å²) in [6.07, 6.45) is 8.46. The summed E-state index contributed by atoms with van der Waals surface area (Å²) in [5.41, 5.74) is 4.28. The van der Waals surface area contributed by atoms with Crippen molar-refractivity contribution in [3.63, 3.8) is 0 Å². The Balaban J connectivity index is 0.00000149. The Hall–Kier alpha value is -3.87. The zero-order valence-electron chi connectivity index (χ0n) is 19.9. The summed E-state index contributed by atoms with van der Waals surface area (Å²) in [5.74, 6) is 1.02. The molecule has 174 valence electrons. The van der Waals surface area contributed by atoms with Gasteiger partial charge in [0.05, 0.1) is 27.0 Å². The molecular formula is C26H31N3O4. The van der Waals surface area contributed by atoms with Gasteiger partial charge in [-0.25, -0.2) is 0 Å². The number of benzene rings is 2. The van der Waals surface area contributed by atoms with Gasteiger partial charge >= 0.3 is 0 Å². The van der Waals surface area contributed by atoms with Crippen molar-refractivity contribution in [3.8, 4) is 17.2 Å². The number of ether oxygens (including phenoxy) is 3. The standard InChI is InChI=1S/C24H25N3O4.C2H6/c1-15-8-9-27-14-19(26-22(27)10-15)16-6-5-7-18(11-16)25-24(28)17-12-20(29-2)23(31-4)21(13-17)30-3;1-2/h5-14,22,26H,1-4H3,(H,25,28);1-2H3. The fourth-order valence-corrected chi connectivity index (χ4v) is 3.61. The van der Waals surface area contributed by atoms with E-state index in [-0.39, 0.29) is 12.1 Å². The predicted octanol–water partition coefficient (Wildman–Crippen LogP) is 4.99. The van der Waals surface area contributed by atoms with Crippen molar-refractivity contribution in [3.05, 3.63) is 77.7 Å². The van der Waals surface area contributed by atoms with Crippen LogP contribution < -0.4 is 24.8 Å². The summed E-state index contributed by atoms with van der Waals surface area (Å²) in [7, 11) is 4.56. The van der Waals surface area contributed by atoms with E-state index in [1.165, 1.54) is 26.9 Å². The number of methoxy groups -OCH3 is 3. The maximum atomic E-state index is 12.9. The van der Waals surface area contributed by atoms with E-state index < -0.39 is 0 Å². The van der Waals surface area contributed by atoms with Crippen LogP contribution in [0.25, 0.3) is 5.70 Å². The molecule has 1 amide bonds. The van der Waals surface area contributed by atoms with Gasteiger partial charge in [0.1, 0.15) is 6.17 Å². The highest BCUT2D eigenvalue weighted by atomic mass is 16.5. The molecule has 0 saturated heterocycles. The molecule has 33 heavy (non-hydrogen) atoms. The van der Waals surface area contributed by atoms with Crippen LogP contribution in [0.2, 0.25) is 0 Å². The Morgan fingerprint density at radius 1 is 1.03 bits per heavy atom. The fraction of sp³-hybridized carbons (Fsp3) is 0.269. The molecule has 0 fully saturated rings. The molecule has 2 aliphatic heterocycles. The molecule has 2 aromatic rings. The quantitative estimate of drug-likeness (QED) is 0.647. The average molecular weight is 450 g/mol. The Kier molecular flexibility index (Phi) is 7.66. The van der Waals surface area contributed by atoms with Crippen LogP contribution in [0.4, 0.5) is 5.69 Å². The minimum absolute atomic E-state index is 0.109. The molecule has 4 rings (SSSR count). The van der Waals surface area contributed by atoms with Crippen molar-refractivity contribution >= 4 is 17.3 Å². The van der Waals surface area contributed by atoms with Crippen molar-refractivity contribution in [2.45, 2.75) is 26.9 Å². The van der Waals surface area contributed by atoms with E-state index in [0.29, 0.717) is 28.5 Å². The third-order valence-electron chi connectivity index (χ3n) is 5.19. The Morgan fingerprint density at radius 3 is 2.36 bits per heavy atom. The molecule has 7 nitrogen and oxygen atoms in total. The van der Waals surface area contributed by atoms with Gasteiger partial charge in [-0.3, -0.25) is 4.79 Å². The van der Waals surface area contributed by atoms with E-state index in [2.05, 4.69) is 47.0 Å². The number of nitrogens with zero attached hydrogens (tertiary/aromatic N) is 1. The van der Waals surface area contributed by atoms with Crippen LogP contribution in [0.1, 0.15) is 36.7 Å². The van der Waals surface area contributed by atoms with Gasteiger partial charge in [0.15, 0.2) is 11.5 Å². The van der Waals surface area contributed by atoms with Crippen molar-refractivity contribution in [2.24, 2.45) is 0 Å². The van der Waals surface area contributed by atoms with Gasteiger partial charge in [-0.15, -0.1) is 0 Å². The first-order chi connectivity index (χ1) is 16.0. The van der Waals surface area contributed by atoms with Crippen molar-refractivity contribution in [2.75, 3.05) is 26.6 Å². The third kappa shape index (κ3) is 5.14. The SMILES string of the molecule is CC.COc1cc(C(=O)Nc2cccc(C3=CN4C=CC(C)=CC4N3)c2)cc(OC)c1OC. The lowest BCUT2D eigenvalue weighted by molar-refractivity contribution is 0.102. The highest BCUT2D eigenvalue weighted by Gasteiger charge is 2.23. The molecule has 2 aromatic carbocycles. The maximum Gasteiger partial charge on any atom is 0.255 e. The van der Waals surface area contributed by atoms with E-state index in [9.17, 15) is 4.79 Å². The molecule has 0 saturated carbocycles. The van der Waals surface area contributed by atoms with Crippen LogP contribution >= 0.6 is 0 Å². The molecule has 2 N–H and O–H groups in total. The number of nitrogens with one attached hydrogen (secondary N) is 2. The minimum atomic E-state index is -0.274. The maximum absolute atomic E-state index is 12.9. The van der Waals surface area contributed by atoms with Gasteiger partial charge in [-0.05, 0) is 48.9 Å². The first-order valence-electron chi connectivity index (χ1n) is 10.9. The van der Waals surface area contributed by atoms with Gasteiger partial charge in [0, 0.05) is 29.2 Å². The lowest BCUT2D eigenvalue weighted by atomic mass is 10.1. The topological polar surface area (TPSA) is 72.1 Å². The normalized spacial score (nSPS) is 15.8. The second kappa shape index (κ2) is 10.6. The van der Waals surface area contributed by atoms with Crippen LogP contribution in [0.3, 0.4) is 0 Å². The minimum Gasteiger partial charge on any atom is -0.493 e. The van der Waals surface area contributed by atoms with E-state index in [4.69, 9.17) is 14.2 Å². The molecule has 2 heterocycles. The number of fused-ring (bicyclic) bond motifs is 1. The molecule has 0 aliphatic carbocycles. The molecule has 7 heteroatoms. The molecule has 1 unspecified atom stereocenters. The summed E-state index contributed by atoms with van der Waals surface area (Å²) in [4.78, 5) is 15.0. The summed E-state index contributed by atoms with van der Waals surface area (Å²) in [6.45, 7) is 6.08. The van der Waals surface area contributed by atoms with Gasteiger partial charge < -0.3 is 29.7 Å². The van der Waals surface area contributed by atoms with Gasteiger partial charge in [0.2, 0.25) is 5.75 Å². The summed E-state index contributed by atoms with van der Waals surface area (Å²) < 4.78 is 16.0. The molecule has 1 atom stereocenters. The zero-order chi connectivity index (χ0) is 24.0. The monoisotopic (exact) mass is 449 g/mol. The van der Waals surface area contributed by atoms with Crippen molar-refractivity contribution in [1.29, 1.82) is 0 Å². The van der Waals surface area contributed by atoms with Gasteiger partial charge in [0.25, 0.3) is 5.91 Å². The predicted molar refractivity (Wildman–Crippen MR) is 131 cm³/mol. The lowest BCUT2D eigenvalue weighted by Gasteiger charge is -2.22. The molecular weight excluding hydrogens is 418 g/mol. The van der Waals surface area contributed by atoms with Crippen molar-refractivity contribution in [1.82, 2.24) is 10.2 Å². The molecule has 0 radical (unpaired) electrons. The Labute approximate surface area is 195 Å². The van der Waals surface area contributed by atoms with E-state index in [1.807, 2.05) is 38.1 Å². The van der Waals surface area contributed by atoms with Crippen LogP contribution in [0, 0.1) is 0 Å². The third-order valence-corrected chi connectivity index (χ3v) is 5.19. The van der Waals surface area contributed by atoms with E-state index in [0.717, 1.165) is 11.3 Å². The smallest absolute Gasteiger partial charge is 0.255 e. The number of hydrogen-bond acceptors (Lipinski definition) is 6. The number of carbonyl (C=O) groups is 1. The zero-order valence-corrected chi connectivity index (χ0v) is 19.9. The van der Waals surface area contributed by atoms with Crippen LogP contribution in [-0.4, -0.2) is 38.3 Å². The number of hydrogen-bond donors (Lipinski definition) is 2. The summed E-state index contributed by atoms with van der Waals surface area (Å²) >= 11 is 0. The molecule has 0 bridgehead atoms. The van der Waals surface area contributed by atoms with E-state index >= 15 is 0 Å². The van der Waals surface area contributed by atoms with Crippen LogP contribution in [-0.2, 0) is 0 Å². The van der Waals surface area contributed by atoms with Crippen molar-refractivity contribution < 1.29 is 19.0 Å². The number of amides is 1. The highest BCUT2D eigenvalue weighted by molar-refractivity contribution is 6.05. The summed E-state index contributed by atoms with van der Waals surface area (Å²) in [5, 5.41) is 6.44. The highest BCUT2D eigenvalue weighted by Crippen LogP contribution is 2.38. The number of anilines is 1. The number of rotatable bonds is 6. The lowest BCUT2D eigenvalue weighted by Crippen LogP contribution is -2.32. The summed E-state index contributed by atoms with van der Waals surface area (Å²) in [6, 6.07) is 11.0. The van der Waals surface area contributed by atoms with Crippen LogP contribution in [0.15, 0.2) is 66.5 Å². The van der Waals surface area contributed by atoms with E-state index in [1.54, 1.807) is 12.1 Å². The Bertz CT molecular complexity index is 1080. The first kappa shape index (κ1) is 23.8. The molecule has 0 aromatic heterocycles. The second-order valence-electron chi connectivity index (χ2n) is 7.25. The molecule has 2 aliphatic rings. The van der Waals surface area contributed by atoms with Crippen LogP contribution in [0.5, 0.6) is 17.2 Å².